The second-order valence-corrected chi connectivity index (χ2v) is 7.27. The number of phenols is 1. The van der Waals surface area contributed by atoms with E-state index < -0.39 is 23.7 Å². The second kappa shape index (κ2) is 11.4. The normalized spacial score (nSPS) is 10.8. The van der Waals surface area contributed by atoms with Crippen LogP contribution in [0.4, 0.5) is 0 Å². The monoisotopic (exact) mass is 464 g/mol. The SMILES string of the molecule is C=C(C)/C=C/c1cc(C(=O)/C=C/c2ccc(OC(C)=O)cc2OC(C)=O)c(O)cc1OC(C)=O. The Labute approximate surface area is 196 Å². The van der Waals surface area contributed by atoms with Crippen LogP contribution < -0.4 is 14.2 Å². The fraction of sp³-hybridized carbons (Fsp3) is 0.154. The lowest BCUT2D eigenvalue weighted by molar-refractivity contribution is -0.133. The Balaban J connectivity index is 2.44. The Morgan fingerprint density at radius 3 is 1.88 bits per heavy atom. The summed E-state index contributed by atoms with van der Waals surface area (Å²) in [7, 11) is 0. The lowest BCUT2D eigenvalue weighted by atomic mass is 10.0. The lowest BCUT2D eigenvalue weighted by Crippen LogP contribution is -2.05. The molecule has 0 aromatic heterocycles. The highest BCUT2D eigenvalue weighted by atomic mass is 16.5. The van der Waals surface area contributed by atoms with Crippen molar-refractivity contribution in [1.29, 1.82) is 0 Å². The number of benzene rings is 2. The van der Waals surface area contributed by atoms with Gasteiger partial charge in [0, 0.05) is 44.0 Å². The number of allylic oxidation sites excluding steroid dienone is 3. The van der Waals surface area contributed by atoms with Gasteiger partial charge in [-0.25, -0.2) is 0 Å². The van der Waals surface area contributed by atoms with Crippen molar-refractivity contribution in [1.82, 2.24) is 0 Å². The molecule has 2 aromatic rings. The summed E-state index contributed by atoms with van der Waals surface area (Å²) in [6, 6.07) is 6.89. The van der Waals surface area contributed by atoms with Gasteiger partial charge in [-0.1, -0.05) is 24.3 Å². The number of aromatic hydroxyl groups is 1. The zero-order chi connectivity index (χ0) is 25.4. The molecule has 0 unspecified atom stereocenters. The van der Waals surface area contributed by atoms with Crippen LogP contribution in [0.2, 0.25) is 0 Å². The van der Waals surface area contributed by atoms with Crippen molar-refractivity contribution in [3.63, 3.8) is 0 Å². The molecule has 0 aliphatic heterocycles. The first-order valence-corrected chi connectivity index (χ1v) is 10.1. The molecule has 176 valence electrons. The maximum atomic E-state index is 12.8. The molecule has 8 heteroatoms. The number of carbonyl (C=O) groups is 4. The third-order valence-corrected chi connectivity index (χ3v) is 4.11. The Morgan fingerprint density at radius 2 is 1.32 bits per heavy atom. The number of hydrogen-bond donors (Lipinski definition) is 1. The van der Waals surface area contributed by atoms with E-state index in [-0.39, 0.29) is 28.6 Å². The number of ether oxygens (including phenoxy) is 3. The molecular weight excluding hydrogens is 440 g/mol. The van der Waals surface area contributed by atoms with Crippen LogP contribution in [0, 0.1) is 0 Å². The number of rotatable bonds is 8. The Hall–Kier alpha value is -4.46. The first-order valence-electron chi connectivity index (χ1n) is 10.1. The highest BCUT2D eigenvalue weighted by Gasteiger charge is 2.15. The molecule has 2 rings (SSSR count). The Morgan fingerprint density at radius 1 is 0.765 bits per heavy atom. The zero-order valence-corrected chi connectivity index (χ0v) is 19.2. The molecule has 1 N–H and O–H groups in total. The molecule has 0 aliphatic rings. The molecule has 0 amide bonds. The van der Waals surface area contributed by atoms with Crippen molar-refractivity contribution in [2.24, 2.45) is 0 Å². The minimum atomic E-state index is -0.603. The van der Waals surface area contributed by atoms with Gasteiger partial charge in [0.2, 0.25) is 0 Å². The van der Waals surface area contributed by atoms with Crippen LogP contribution in [0.1, 0.15) is 49.2 Å². The first kappa shape index (κ1) is 25.8. The molecular formula is C26H24O8. The van der Waals surface area contributed by atoms with Crippen molar-refractivity contribution in [2.45, 2.75) is 27.7 Å². The van der Waals surface area contributed by atoms with E-state index in [9.17, 15) is 24.3 Å². The average Bonchev–Trinajstić information content (AvgIpc) is 2.71. The Kier molecular flexibility index (Phi) is 8.66. The van der Waals surface area contributed by atoms with Gasteiger partial charge in [-0.05, 0) is 37.3 Å². The number of esters is 3. The van der Waals surface area contributed by atoms with Crippen molar-refractivity contribution in [3.05, 3.63) is 71.3 Å². The summed E-state index contributed by atoms with van der Waals surface area (Å²) in [4.78, 5) is 46.9. The summed E-state index contributed by atoms with van der Waals surface area (Å²) in [6.07, 6.45) is 5.84. The largest absolute Gasteiger partial charge is 0.507 e. The molecule has 2 aromatic carbocycles. The smallest absolute Gasteiger partial charge is 0.308 e. The summed E-state index contributed by atoms with van der Waals surface area (Å²) in [6.45, 7) is 9.19. The summed E-state index contributed by atoms with van der Waals surface area (Å²) >= 11 is 0. The van der Waals surface area contributed by atoms with E-state index in [1.165, 1.54) is 63.3 Å². The molecule has 34 heavy (non-hydrogen) atoms. The number of ketones is 1. The highest BCUT2D eigenvalue weighted by molar-refractivity contribution is 6.09. The minimum Gasteiger partial charge on any atom is -0.507 e. The van der Waals surface area contributed by atoms with Crippen LogP contribution in [-0.4, -0.2) is 28.8 Å². The lowest BCUT2D eigenvalue weighted by Gasteiger charge is -2.10. The van der Waals surface area contributed by atoms with Gasteiger partial charge in [-0.2, -0.15) is 0 Å². The molecule has 0 aliphatic carbocycles. The summed E-state index contributed by atoms with van der Waals surface area (Å²) in [5.41, 5.74) is 1.43. The number of phenolic OH excluding ortho intramolecular Hbond substituents is 1. The van der Waals surface area contributed by atoms with Crippen molar-refractivity contribution < 1.29 is 38.5 Å². The third kappa shape index (κ3) is 7.59. The van der Waals surface area contributed by atoms with Crippen molar-refractivity contribution >= 4 is 35.8 Å². The van der Waals surface area contributed by atoms with Gasteiger partial charge < -0.3 is 19.3 Å². The average molecular weight is 464 g/mol. The molecule has 0 heterocycles. The predicted molar refractivity (Wildman–Crippen MR) is 126 cm³/mol. The van der Waals surface area contributed by atoms with Crippen LogP contribution in [0.15, 0.2) is 54.6 Å². The Bertz CT molecular complexity index is 1220. The van der Waals surface area contributed by atoms with E-state index >= 15 is 0 Å². The van der Waals surface area contributed by atoms with Gasteiger partial charge in [-0.3, -0.25) is 19.2 Å². The first-order chi connectivity index (χ1) is 16.0. The molecule has 0 radical (unpaired) electrons. The molecule has 0 spiro atoms. The zero-order valence-electron chi connectivity index (χ0n) is 19.2. The molecule has 0 saturated heterocycles. The molecule has 0 atom stereocenters. The molecule has 8 nitrogen and oxygen atoms in total. The molecule has 0 saturated carbocycles. The topological polar surface area (TPSA) is 116 Å². The second-order valence-electron chi connectivity index (χ2n) is 7.27. The van der Waals surface area contributed by atoms with E-state index in [2.05, 4.69) is 6.58 Å². The summed E-state index contributed by atoms with van der Waals surface area (Å²) in [5, 5.41) is 10.4. The van der Waals surface area contributed by atoms with E-state index in [0.29, 0.717) is 11.1 Å². The van der Waals surface area contributed by atoms with E-state index in [1.54, 1.807) is 19.1 Å². The van der Waals surface area contributed by atoms with Crippen LogP contribution >= 0.6 is 0 Å². The predicted octanol–water partition coefficient (Wildman–Crippen LogP) is 4.65. The third-order valence-electron chi connectivity index (χ3n) is 4.11. The van der Waals surface area contributed by atoms with Gasteiger partial charge >= 0.3 is 17.9 Å². The quantitative estimate of drug-likeness (QED) is 0.197. The molecule has 0 bridgehead atoms. The van der Waals surface area contributed by atoms with Gasteiger partial charge in [0.05, 0.1) is 5.56 Å². The van der Waals surface area contributed by atoms with Gasteiger partial charge in [0.15, 0.2) is 5.78 Å². The molecule has 0 fully saturated rings. The van der Waals surface area contributed by atoms with Crippen LogP contribution in [0.5, 0.6) is 23.0 Å². The van der Waals surface area contributed by atoms with Crippen molar-refractivity contribution in [2.75, 3.05) is 0 Å². The standard InChI is InChI=1S/C26H24O8/c1-15(2)6-7-20-12-22(24(31)14-26(20)34-18(5)29)23(30)11-9-19-8-10-21(32-16(3)27)13-25(19)33-17(4)28/h6-14,31H,1H2,2-5H3/b7-6+,11-9+. The van der Waals surface area contributed by atoms with Gasteiger partial charge in [0.25, 0.3) is 0 Å². The van der Waals surface area contributed by atoms with E-state index in [0.717, 1.165) is 5.57 Å². The van der Waals surface area contributed by atoms with Crippen LogP contribution in [0.3, 0.4) is 0 Å². The number of hydrogen-bond acceptors (Lipinski definition) is 8. The highest BCUT2D eigenvalue weighted by Crippen LogP contribution is 2.31. The maximum Gasteiger partial charge on any atom is 0.308 e. The summed E-state index contributed by atoms with van der Waals surface area (Å²) < 4.78 is 15.3. The fourth-order valence-electron chi connectivity index (χ4n) is 2.77. The van der Waals surface area contributed by atoms with Gasteiger partial charge in [0.1, 0.15) is 23.0 Å². The summed E-state index contributed by atoms with van der Waals surface area (Å²) in [5.74, 6) is -2.35. The van der Waals surface area contributed by atoms with Crippen LogP contribution in [-0.2, 0) is 14.4 Å². The minimum absolute atomic E-state index is 0.0425. The van der Waals surface area contributed by atoms with E-state index in [1.807, 2.05) is 0 Å². The number of carbonyl (C=O) groups excluding carboxylic acids is 4. The van der Waals surface area contributed by atoms with Crippen molar-refractivity contribution in [3.8, 4) is 23.0 Å². The maximum absolute atomic E-state index is 12.8. The van der Waals surface area contributed by atoms with Crippen LogP contribution in [0.25, 0.3) is 12.2 Å². The fourth-order valence-corrected chi connectivity index (χ4v) is 2.77. The van der Waals surface area contributed by atoms with Gasteiger partial charge in [-0.15, -0.1) is 0 Å². The van der Waals surface area contributed by atoms with E-state index in [4.69, 9.17) is 14.2 Å².